The first-order chi connectivity index (χ1) is 7.70. The molecule has 1 aromatic carbocycles. The van der Waals surface area contributed by atoms with E-state index in [9.17, 15) is 0 Å². The predicted octanol–water partition coefficient (Wildman–Crippen LogP) is 4.21. The number of rotatable bonds is 2. The summed E-state index contributed by atoms with van der Waals surface area (Å²) in [5, 5.41) is 13.1. The highest BCUT2D eigenvalue weighted by molar-refractivity contribution is 9.10. The van der Waals surface area contributed by atoms with E-state index in [0.717, 1.165) is 29.4 Å². The van der Waals surface area contributed by atoms with Gasteiger partial charge in [0.2, 0.25) is 0 Å². The van der Waals surface area contributed by atoms with E-state index in [1.807, 2.05) is 18.2 Å². The smallest absolute Gasteiger partial charge is 0.0677 e. The summed E-state index contributed by atoms with van der Waals surface area (Å²) < 4.78 is 0.987. The molecule has 2 unspecified atom stereocenters. The maximum Gasteiger partial charge on any atom is 0.0677 e. The van der Waals surface area contributed by atoms with E-state index in [2.05, 4.69) is 27.3 Å². The summed E-state index contributed by atoms with van der Waals surface area (Å²) in [4.78, 5) is 0. The van der Waals surface area contributed by atoms with Gasteiger partial charge in [-0.1, -0.05) is 11.6 Å². The van der Waals surface area contributed by atoms with E-state index in [-0.39, 0.29) is 12.0 Å². The topological polar surface area (TPSA) is 35.8 Å². The summed E-state index contributed by atoms with van der Waals surface area (Å²) in [5.41, 5.74) is 0.972. The molecular formula is C12H12BrClN2. The molecule has 4 heteroatoms. The molecule has 0 bridgehead atoms. The standard InChI is InChI=1S/C12H12BrClN2/c13-10-5-4-9(14)6-12(10)16-11-3-1-2-8(11)7-15/h4-6,8,11,16H,1-3H2. The van der Waals surface area contributed by atoms with Gasteiger partial charge in [0, 0.05) is 15.5 Å². The summed E-state index contributed by atoms with van der Waals surface area (Å²) in [6.45, 7) is 0. The summed E-state index contributed by atoms with van der Waals surface area (Å²) >= 11 is 9.42. The van der Waals surface area contributed by atoms with Gasteiger partial charge in [0.15, 0.2) is 0 Å². The quantitative estimate of drug-likeness (QED) is 0.888. The third-order valence-corrected chi connectivity index (χ3v) is 3.88. The van der Waals surface area contributed by atoms with Gasteiger partial charge in [0.05, 0.1) is 17.7 Å². The van der Waals surface area contributed by atoms with E-state index < -0.39 is 0 Å². The fraction of sp³-hybridized carbons (Fsp3) is 0.417. The van der Waals surface area contributed by atoms with Crippen molar-refractivity contribution in [3.05, 3.63) is 27.7 Å². The van der Waals surface area contributed by atoms with Crippen LogP contribution in [0.3, 0.4) is 0 Å². The highest BCUT2D eigenvalue weighted by Gasteiger charge is 2.27. The Labute approximate surface area is 109 Å². The molecule has 2 atom stereocenters. The van der Waals surface area contributed by atoms with E-state index in [1.165, 1.54) is 0 Å². The SMILES string of the molecule is N#CC1CCCC1Nc1cc(Cl)ccc1Br. The summed E-state index contributed by atoms with van der Waals surface area (Å²) in [7, 11) is 0. The highest BCUT2D eigenvalue weighted by atomic mass is 79.9. The highest BCUT2D eigenvalue weighted by Crippen LogP contribution is 2.32. The zero-order valence-electron chi connectivity index (χ0n) is 8.71. The molecule has 16 heavy (non-hydrogen) atoms. The first-order valence-corrected chi connectivity index (χ1v) is 6.49. The van der Waals surface area contributed by atoms with Crippen LogP contribution >= 0.6 is 27.5 Å². The molecule has 1 saturated carbocycles. The van der Waals surface area contributed by atoms with Gasteiger partial charge in [-0.15, -0.1) is 0 Å². The normalized spacial score (nSPS) is 24.1. The molecule has 0 spiro atoms. The maximum absolute atomic E-state index is 9.01. The van der Waals surface area contributed by atoms with E-state index in [0.29, 0.717) is 5.02 Å². The zero-order chi connectivity index (χ0) is 11.5. The first kappa shape index (κ1) is 11.8. The van der Waals surface area contributed by atoms with Gasteiger partial charge in [0.25, 0.3) is 0 Å². The van der Waals surface area contributed by atoms with E-state index in [1.54, 1.807) is 0 Å². The lowest BCUT2D eigenvalue weighted by atomic mass is 10.1. The minimum atomic E-state index is 0.117. The van der Waals surface area contributed by atoms with Crippen LogP contribution in [-0.2, 0) is 0 Å². The van der Waals surface area contributed by atoms with E-state index >= 15 is 0 Å². The lowest BCUT2D eigenvalue weighted by Gasteiger charge is -2.18. The second-order valence-corrected chi connectivity index (χ2v) is 5.33. The summed E-state index contributed by atoms with van der Waals surface area (Å²) in [6.07, 6.45) is 3.16. The van der Waals surface area contributed by atoms with Gasteiger partial charge in [-0.05, 0) is 53.4 Å². The van der Waals surface area contributed by atoms with Crippen LogP contribution in [0, 0.1) is 17.2 Å². The Balaban J connectivity index is 2.14. The summed E-state index contributed by atoms with van der Waals surface area (Å²) in [5.74, 6) is 0.117. The lowest BCUT2D eigenvalue weighted by Crippen LogP contribution is -2.22. The zero-order valence-corrected chi connectivity index (χ0v) is 11.1. The van der Waals surface area contributed by atoms with Gasteiger partial charge in [0.1, 0.15) is 0 Å². The van der Waals surface area contributed by atoms with Gasteiger partial charge >= 0.3 is 0 Å². The van der Waals surface area contributed by atoms with Crippen LogP contribution in [0.4, 0.5) is 5.69 Å². The van der Waals surface area contributed by atoms with E-state index in [4.69, 9.17) is 16.9 Å². The van der Waals surface area contributed by atoms with Crippen molar-refractivity contribution in [3.63, 3.8) is 0 Å². The molecule has 0 heterocycles. The van der Waals surface area contributed by atoms with Crippen molar-refractivity contribution in [2.75, 3.05) is 5.32 Å². The van der Waals surface area contributed by atoms with Crippen LogP contribution in [0.25, 0.3) is 0 Å². The Kier molecular flexibility index (Phi) is 3.73. The average molecular weight is 300 g/mol. The fourth-order valence-electron chi connectivity index (χ4n) is 2.10. The molecule has 1 aromatic rings. The van der Waals surface area contributed by atoms with Crippen LogP contribution in [-0.4, -0.2) is 6.04 Å². The van der Waals surface area contributed by atoms with Crippen LogP contribution in [0.5, 0.6) is 0 Å². The van der Waals surface area contributed by atoms with Crippen molar-refractivity contribution in [1.82, 2.24) is 0 Å². The van der Waals surface area contributed by atoms with Crippen LogP contribution in [0.1, 0.15) is 19.3 Å². The Morgan fingerprint density at radius 1 is 1.44 bits per heavy atom. The van der Waals surface area contributed by atoms with Crippen molar-refractivity contribution >= 4 is 33.2 Å². The molecule has 2 nitrogen and oxygen atoms in total. The first-order valence-electron chi connectivity index (χ1n) is 5.32. The minimum absolute atomic E-state index is 0.117. The second-order valence-electron chi connectivity index (χ2n) is 4.04. The van der Waals surface area contributed by atoms with Gasteiger partial charge in [-0.25, -0.2) is 0 Å². The number of benzene rings is 1. The fourth-order valence-corrected chi connectivity index (χ4v) is 2.63. The summed E-state index contributed by atoms with van der Waals surface area (Å²) in [6, 6.07) is 8.25. The van der Waals surface area contributed by atoms with Crippen LogP contribution in [0.15, 0.2) is 22.7 Å². The second kappa shape index (κ2) is 5.07. The molecule has 84 valence electrons. The van der Waals surface area contributed by atoms with Crippen molar-refractivity contribution in [2.24, 2.45) is 5.92 Å². The number of nitrogens with one attached hydrogen (secondary N) is 1. The number of halogens is 2. The van der Waals surface area contributed by atoms with Crippen molar-refractivity contribution < 1.29 is 0 Å². The molecule has 0 aliphatic heterocycles. The van der Waals surface area contributed by atoms with Gasteiger partial charge in [-0.2, -0.15) is 5.26 Å². The number of hydrogen-bond acceptors (Lipinski definition) is 2. The largest absolute Gasteiger partial charge is 0.380 e. The monoisotopic (exact) mass is 298 g/mol. The third kappa shape index (κ3) is 2.50. The molecular weight excluding hydrogens is 288 g/mol. The Bertz CT molecular complexity index is 428. The average Bonchev–Trinajstić information content (AvgIpc) is 2.71. The lowest BCUT2D eigenvalue weighted by molar-refractivity contribution is 0.629. The van der Waals surface area contributed by atoms with Crippen molar-refractivity contribution in [2.45, 2.75) is 25.3 Å². The third-order valence-electron chi connectivity index (χ3n) is 2.95. The Hall–Kier alpha value is -0.720. The number of nitrogens with zero attached hydrogens (tertiary/aromatic N) is 1. The number of hydrogen-bond donors (Lipinski definition) is 1. The minimum Gasteiger partial charge on any atom is -0.380 e. The molecule has 1 aliphatic carbocycles. The van der Waals surface area contributed by atoms with Crippen molar-refractivity contribution in [1.29, 1.82) is 5.26 Å². The number of nitriles is 1. The molecule has 1 fully saturated rings. The molecule has 1 aliphatic rings. The molecule has 1 N–H and O–H groups in total. The van der Waals surface area contributed by atoms with Gasteiger partial charge < -0.3 is 5.32 Å². The molecule has 2 rings (SSSR count). The van der Waals surface area contributed by atoms with Crippen LogP contribution < -0.4 is 5.32 Å². The van der Waals surface area contributed by atoms with Gasteiger partial charge in [-0.3, -0.25) is 0 Å². The number of anilines is 1. The predicted molar refractivity (Wildman–Crippen MR) is 69.5 cm³/mol. The molecule has 0 radical (unpaired) electrons. The molecule has 0 aromatic heterocycles. The Morgan fingerprint density at radius 3 is 3.00 bits per heavy atom. The molecule has 0 amide bonds. The van der Waals surface area contributed by atoms with Crippen LogP contribution in [0.2, 0.25) is 5.02 Å². The maximum atomic E-state index is 9.01. The van der Waals surface area contributed by atoms with Crippen molar-refractivity contribution in [3.8, 4) is 6.07 Å². The molecule has 0 saturated heterocycles. The Morgan fingerprint density at radius 2 is 2.25 bits per heavy atom.